The van der Waals surface area contributed by atoms with Crippen molar-refractivity contribution in [2.24, 2.45) is 0 Å². The van der Waals surface area contributed by atoms with Crippen LogP contribution in [0.25, 0.3) is 22.2 Å². The normalized spacial score (nSPS) is 11.5. The number of amides is 1. The molecule has 0 saturated heterocycles. The number of pyridine rings is 1. The van der Waals surface area contributed by atoms with E-state index < -0.39 is 9.84 Å². The Labute approximate surface area is 181 Å². The largest absolute Gasteiger partial charge is 0.311 e. The maximum absolute atomic E-state index is 13.5. The number of nitrogens with zero attached hydrogens (tertiary/aromatic N) is 2. The van der Waals surface area contributed by atoms with E-state index in [4.69, 9.17) is 4.98 Å². The molecule has 4 aromatic rings. The summed E-state index contributed by atoms with van der Waals surface area (Å²) < 4.78 is 23.4. The summed E-state index contributed by atoms with van der Waals surface area (Å²) in [6, 6.07) is 23.7. The van der Waals surface area contributed by atoms with E-state index in [1.807, 2.05) is 61.5 Å². The van der Waals surface area contributed by atoms with Crippen molar-refractivity contribution in [2.75, 3.05) is 18.2 Å². The van der Waals surface area contributed by atoms with Crippen molar-refractivity contribution in [1.29, 1.82) is 0 Å². The van der Waals surface area contributed by atoms with Crippen LogP contribution in [0.15, 0.2) is 83.8 Å². The minimum atomic E-state index is -3.30. The van der Waals surface area contributed by atoms with Gasteiger partial charge in [-0.15, -0.1) is 0 Å². The maximum Gasteiger partial charge on any atom is 0.258 e. The second kappa shape index (κ2) is 7.96. The predicted octanol–water partition coefficient (Wildman–Crippen LogP) is 4.89. The van der Waals surface area contributed by atoms with Crippen LogP contribution in [0.1, 0.15) is 15.9 Å². The number of aryl methyl sites for hydroxylation is 1. The van der Waals surface area contributed by atoms with Crippen molar-refractivity contribution in [3.8, 4) is 11.3 Å². The van der Waals surface area contributed by atoms with E-state index in [0.717, 1.165) is 34.0 Å². The molecule has 0 aliphatic rings. The molecule has 1 amide bonds. The first kappa shape index (κ1) is 20.8. The number of para-hydroxylation sites is 1. The molecular formula is C25H22N2O3S. The van der Waals surface area contributed by atoms with Crippen molar-refractivity contribution >= 4 is 32.3 Å². The summed E-state index contributed by atoms with van der Waals surface area (Å²) in [5.41, 5.74) is 4.70. The van der Waals surface area contributed by atoms with Crippen LogP contribution in [-0.4, -0.2) is 32.6 Å². The van der Waals surface area contributed by atoms with Crippen molar-refractivity contribution in [1.82, 2.24) is 4.98 Å². The molecule has 0 radical (unpaired) electrons. The number of sulfone groups is 1. The zero-order chi connectivity index (χ0) is 22.2. The average Bonchev–Trinajstić information content (AvgIpc) is 2.77. The highest BCUT2D eigenvalue weighted by Crippen LogP contribution is 2.27. The van der Waals surface area contributed by atoms with Gasteiger partial charge < -0.3 is 4.90 Å². The molecule has 1 heterocycles. The second-order valence-electron chi connectivity index (χ2n) is 7.57. The van der Waals surface area contributed by atoms with E-state index in [1.54, 1.807) is 19.2 Å². The van der Waals surface area contributed by atoms with Crippen molar-refractivity contribution in [3.05, 3.63) is 90.0 Å². The summed E-state index contributed by atoms with van der Waals surface area (Å²) in [7, 11) is -1.62. The molecule has 0 bridgehead atoms. The number of fused-ring (bicyclic) bond motifs is 1. The minimum Gasteiger partial charge on any atom is -0.311 e. The lowest BCUT2D eigenvalue weighted by Crippen LogP contribution is -2.26. The van der Waals surface area contributed by atoms with E-state index in [2.05, 4.69) is 0 Å². The summed E-state index contributed by atoms with van der Waals surface area (Å²) in [4.78, 5) is 19.9. The van der Waals surface area contributed by atoms with Crippen LogP contribution >= 0.6 is 0 Å². The van der Waals surface area contributed by atoms with Gasteiger partial charge in [0.1, 0.15) is 0 Å². The molecule has 0 atom stereocenters. The van der Waals surface area contributed by atoms with Gasteiger partial charge in [-0.1, -0.05) is 48.0 Å². The summed E-state index contributed by atoms with van der Waals surface area (Å²) in [6.07, 6.45) is 1.16. The summed E-state index contributed by atoms with van der Waals surface area (Å²) >= 11 is 0. The van der Waals surface area contributed by atoms with Gasteiger partial charge in [0.15, 0.2) is 9.84 Å². The lowest BCUT2D eigenvalue weighted by Gasteiger charge is -2.19. The summed E-state index contributed by atoms with van der Waals surface area (Å²) in [5, 5.41) is 0.767. The third-order valence-corrected chi connectivity index (χ3v) is 6.38. The van der Waals surface area contributed by atoms with Crippen molar-refractivity contribution in [3.63, 3.8) is 0 Å². The Hall–Kier alpha value is -3.51. The number of aromatic nitrogens is 1. The van der Waals surface area contributed by atoms with E-state index >= 15 is 0 Å². The number of carbonyl (C=O) groups is 1. The smallest absolute Gasteiger partial charge is 0.258 e. The standard InChI is InChI=1S/C25H22N2O3S/c1-17-8-10-18(11-9-17)24-16-22(21-6-4-5-7-23(21)26-24)25(28)27(2)19-12-14-20(15-13-19)31(3,29)30/h4-16H,1-3H3. The van der Waals surface area contributed by atoms with Gasteiger partial charge in [-0.25, -0.2) is 13.4 Å². The molecule has 1 aromatic heterocycles. The molecule has 0 aliphatic heterocycles. The van der Waals surface area contributed by atoms with Crippen LogP contribution < -0.4 is 4.90 Å². The molecule has 0 N–H and O–H groups in total. The van der Waals surface area contributed by atoms with Gasteiger partial charge in [-0.2, -0.15) is 0 Å². The first-order chi connectivity index (χ1) is 14.7. The quantitative estimate of drug-likeness (QED) is 0.462. The molecular weight excluding hydrogens is 408 g/mol. The number of anilines is 1. The third kappa shape index (κ3) is 4.20. The number of hydrogen-bond acceptors (Lipinski definition) is 4. The van der Waals surface area contributed by atoms with E-state index in [9.17, 15) is 13.2 Å². The Morgan fingerprint density at radius 2 is 1.55 bits per heavy atom. The third-order valence-electron chi connectivity index (χ3n) is 5.25. The molecule has 0 spiro atoms. The molecule has 6 heteroatoms. The fraction of sp³-hybridized carbons (Fsp3) is 0.120. The summed E-state index contributed by atoms with van der Waals surface area (Å²) in [5.74, 6) is -0.195. The lowest BCUT2D eigenvalue weighted by atomic mass is 10.0. The first-order valence-electron chi connectivity index (χ1n) is 9.79. The molecule has 3 aromatic carbocycles. The van der Waals surface area contributed by atoms with Crippen molar-refractivity contribution < 1.29 is 13.2 Å². The fourth-order valence-electron chi connectivity index (χ4n) is 3.44. The van der Waals surface area contributed by atoms with Crippen LogP contribution in [0.4, 0.5) is 5.69 Å². The Morgan fingerprint density at radius 3 is 2.19 bits per heavy atom. The molecule has 5 nitrogen and oxygen atoms in total. The van der Waals surface area contributed by atoms with Gasteiger partial charge in [0.05, 0.1) is 21.7 Å². The molecule has 0 saturated carbocycles. The summed E-state index contributed by atoms with van der Waals surface area (Å²) in [6.45, 7) is 2.02. The Balaban J connectivity index is 1.78. The molecule has 0 fully saturated rings. The SMILES string of the molecule is Cc1ccc(-c2cc(C(=O)N(C)c3ccc(S(C)(=O)=O)cc3)c3ccccc3n2)cc1. The Morgan fingerprint density at radius 1 is 0.903 bits per heavy atom. The number of hydrogen-bond donors (Lipinski definition) is 0. The molecule has 0 unspecified atom stereocenters. The van der Waals surface area contributed by atoms with Crippen LogP contribution in [0.2, 0.25) is 0 Å². The van der Waals surface area contributed by atoms with Gasteiger partial charge in [0.2, 0.25) is 0 Å². The van der Waals surface area contributed by atoms with Crippen LogP contribution in [0.3, 0.4) is 0 Å². The fourth-order valence-corrected chi connectivity index (χ4v) is 4.07. The van der Waals surface area contributed by atoms with E-state index in [1.165, 1.54) is 17.0 Å². The van der Waals surface area contributed by atoms with Gasteiger partial charge in [0, 0.05) is 29.9 Å². The van der Waals surface area contributed by atoms with Crippen LogP contribution in [-0.2, 0) is 9.84 Å². The predicted molar refractivity (Wildman–Crippen MR) is 124 cm³/mol. The van der Waals surface area contributed by atoms with E-state index in [-0.39, 0.29) is 10.8 Å². The zero-order valence-electron chi connectivity index (χ0n) is 17.5. The highest BCUT2D eigenvalue weighted by Gasteiger charge is 2.19. The highest BCUT2D eigenvalue weighted by molar-refractivity contribution is 7.90. The van der Waals surface area contributed by atoms with Gasteiger partial charge in [0.25, 0.3) is 5.91 Å². The Kier molecular flexibility index (Phi) is 5.33. The monoisotopic (exact) mass is 430 g/mol. The maximum atomic E-state index is 13.5. The number of benzene rings is 3. The second-order valence-corrected chi connectivity index (χ2v) is 9.58. The van der Waals surface area contributed by atoms with Crippen LogP contribution in [0.5, 0.6) is 0 Å². The van der Waals surface area contributed by atoms with Crippen LogP contribution in [0, 0.1) is 6.92 Å². The number of carbonyl (C=O) groups excluding carboxylic acids is 1. The zero-order valence-corrected chi connectivity index (χ0v) is 18.3. The van der Waals surface area contributed by atoms with Gasteiger partial charge in [-0.3, -0.25) is 4.79 Å². The minimum absolute atomic E-state index is 0.195. The van der Waals surface area contributed by atoms with Gasteiger partial charge in [-0.05, 0) is 43.3 Å². The molecule has 4 rings (SSSR count). The molecule has 156 valence electrons. The topological polar surface area (TPSA) is 67.3 Å². The van der Waals surface area contributed by atoms with E-state index in [0.29, 0.717) is 11.3 Å². The molecule has 31 heavy (non-hydrogen) atoms. The van der Waals surface area contributed by atoms with Crippen molar-refractivity contribution in [2.45, 2.75) is 11.8 Å². The lowest BCUT2D eigenvalue weighted by molar-refractivity contribution is 0.0994. The highest BCUT2D eigenvalue weighted by atomic mass is 32.2. The average molecular weight is 431 g/mol. The Bertz CT molecular complexity index is 1380. The van der Waals surface area contributed by atoms with Gasteiger partial charge >= 0.3 is 0 Å². The number of rotatable bonds is 4. The first-order valence-corrected chi connectivity index (χ1v) is 11.7. The molecule has 0 aliphatic carbocycles.